The summed E-state index contributed by atoms with van der Waals surface area (Å²) in [5, 5.41) is 0. The molecule has 0 aliphatic carbocycles. The molecular formula is C14H18BrNO2S. The van der Waals surface area contributed by atoms with E-state index in [0.717, 1.165) is 35.3 Å². The van der Waals surface area contributed by atoms with E-state index in [-0.39, 0.29) is 5.91 Å². The number of carbonyl (C=O) groups is 1. The van der Waals surface area contributed by atoms with Crippen molar-refractivity contribution < 1.29 is 9.00 Å². The van der Waals surface area contributed by atoms with Gasteiger partial charge in [0.1, 0.15) is 0 Å². The van der Waals surface area contributed by atoms with Crippen molar-refractivity contribution in [3.8, 4) is 0 Å². The summed E-state index contributed by atoms with van der Waals surface area (Å²) in [4.78, 5) is 14.6. The molecule has 0 spiro atoms. The fourth-order valence-electron chi connectivity index (χ4n) is 2.18. The van der Waals surface area contributed by atoms with Crippen LogP contribution in [0.2, 0.25) is 0 Å². The van der Waals surface area contributed by atoms with Gasteiger partial charge >= 0.3 is 0 Å². The zero-order chi connectivity index (χ0) is 13.7. The molecule has 104 valence electrons. The number of likely N-dealkylation sites (tertiary alicyclic amines) is 1. The molecule has 0 bridgehead atoms. The van der Waals surface area contributed by atoms with Crippen LogP contribution in [0.5, 0.6) is 0 Å². The highest BCUT2D eigenvalue weighted by Crippen LogP contribution is 2.15. The highest BCUT2D eigenvalue weighted by atomic mass is 79.9. The smallest absolute Gasteiger partial charge is 0.222 e. The summed E-state index contributed by atoms with van der Waals surface area (Å²) in [6.45, 7) is 1.79. The minimum Gasteiger partial charge on any atom is -0.343 e. The lowest BCUT2D eigenvalue weighted by molar-refractivity contribution is -0.130. The van der Waals surface area contributed by atoms with Crippen LogP contribution < -0.4 is 0 Å². The number of amides is 1. The molecule has 1 saturated heterocycles. The van der Waals surface area contributed by atoms with Crippen molar-refractivity contribution in [2.45, 2.75) is 30.6 Å². The maximum absolute atomic E-state index is 12.0. The maximum atomic E-state index is 12.0. The highest BCUT2D eigenvalue weighted by Gasteiger charge is 2.17. The molecule has 1 atom stereocenters. The molecule has 1 aromatic carbocycles. The zero-order valence-corrected chi connectivity index (χ0v) is 13.2. The lowest BCUT2D eigenvalue weighted by Gasteiger charge is -2.14. The van der Waals surface area contributed by atoms with Gasteiger partial charge in [-0.2, -0.15) is 0 Å². The third-order valence-corrected chi connectivity index (χ3v) is 5.24. The topological polar surface area (TPSA) is 37.4 Å². The molecule has 3 nitrogen and oxygen atoms in total. The van der Waals surface area contributed by atoms with E-state index in [1.54, 1.807) is 0 Å². The van der Waals surface area contributed by atoms with Crippen LogP contribution >= 0.6 is 15.9 Å². The number of carbonyl (C=O) groups excluding carboxylic acids is 1. The molecule has 1 aromatic rings. The van der Waals surface area contributed by atoms with E-state index in [9.17, 15) is 9.00 Å². The SMILES string of the molecule is O=C(CCCS(=O)c1ccc(Br)cc1)N1CCCC1. The van der Waals surface area contributed by atoms with Crippen LogP contribution in [-0.2, 0) is 15.6 Å². The van der Waals surface area contributed by atoms with Crippen molar-refractivity contribution in [2.24, 2.45) is 0 Å². The molecule has 0 N–H and O–H groups in total. The molecule has 1 aliphatic rings. The molecule has 0 radical (unpaired) electrons. The van der Waals surface area contributed by atoms with Gasteiger partial charge in [-0.15, -0.1) is 0 Å². The minimum absolute atomic E-state index is 0.213. The van der Waals surface area contributed by atoms with Gasteiger partial charge in [0.2, 0.25) is 5.91 Å². The van der Waals surface area contributed by atoms with Gasteiger partial charge in [0.05, 0.1) is 10.8 Å². The van der Waals surface area contributed by atoms with E-state index < -0.39 is 10.8 Å². The van der Waals surface area contributed by atoms with Crippen molar-refractivity contribution in [2.75, 3.05) is 18.8 Å². The first-order chi connectivity index (χ1) is 9.16. The van der Waals surface area contributed by atoms with Crippen LogP contribution in [0.1, 0.15) is 25.7 Å². The van der Waals surface area contributed by atoms with Crippen molar-refractivity contribution in [3.05, 3.63) is 28.7 Å². The molecule has 5 heteroatoms. The Balaban J connectivity index is 1.74. The molecule has 2 rings (SSSR count). The van der Waals surface area contributed by atoms with E-state index in [2.05, 4.69) is 15.9 Å². The summed E-state index contributed by atoms with van der Waals surface area (Å²) in [6, 6.07) is 7.51. The van der Waals surface area contributed by atoms with Gasteiger partial charge in [-0.05, 0) is 43.5 Å². The van der Waals surface area contributed by atoms with E-state index in [1.165, 1.54) is 0 Å². The largest absolute Gasteiger partial charge is 0.343 e. The third kappa shape index (κ3) is 4.42. The number of nitrogens with zero attached hydrogens (tertiary/aromatic N) is 1. The Labute approximate surface area is 125 Å². The van der Waals surface area contributed by atoms with Crippen LogP contribution in [0.3, 0.4) is 0 Å². The standard InChI is InChI=1S/C14H18BrNO2S/c15-12-5-7-13(8-6-12)19(18)11-3-4-14(17)16-9-1-2-10-16/h5-8H,1-4,9-11H2. The van der Waals surface area contributed by atoms with Crippen LogP contribution in [0, 0.1) is 0 Å². The number of hydrogen-bond acceptors (Lipinski definition) is 2. The Hall–Kier alpha value is -0.680. The Morgan fingerprint density at radius 3 is 2.47 bits per heavy atom. The molecule has 1 aliphatic heterocycles. The van der Waals surface area contributed by atoms with E-state index in [4.69, 9.17) is 0 Å². The Morgan fingerprint density at radius 2 is 1.84 bits per heavy atom. The second kappa shape index (κ2) is 7.20. The summed E-state index contributed by atoms with van der Waals surface area (Å²) in [7, 11) is -1.00. The molecule has 19 heavy (non-hydrogen) atoms. The number of rotatable bonds is 5. The van der Waals surface area contributed by atoms with Crippen LogP contribution in [0.15, 0.2) is 33.6 Å². The monoisotopic (exact) mass is 343 g/mol. The van der Waals surface area contributed by atoms with Gasteiger partial charge in [0.25, 0.3) is 0 Å². The van der Waals surface area contributed by atoms with Crippen LogP contribution in [0.4, 0.5) is 0 Å². The highest BCUT2D eigenvalue weighted by molar-refractivity contribution is 9.10. The van der Waals surface area contributed by atoms with Gasteiger partial charge in [0, 0.05) is 34.6 Å². The average Bonchev–Trinajstić information content (AvgIpc) is 2.93. The average molecular weight is 344 g/mol. The van der Waals surface area contributed by atoms with Crippen molar-refractivity contribution in [1.29, 1.82) is 0 Å². The first-order valence-electron chi connectivity index (χ1n) is 6.58. The second-order valence-electron chi connectivity index (χ2n) is 4.70. The molecule has 0 saturated carbocycles. The second-order valence-corrected chi connectivity index (χ2v) is 7.18. The number of hydrogen-bond donors (Lipinski definition) is 0. The maximum Gasteiger partial charge on any atom is 0.222 e. The minimum atomic E-state index is -1.00. The Kier molecular flexibility index (Phi) is 5.58. The first kappa shape index (κ1) is 14.7. The quantitative estimate of drug-likeness (QED) is 0.824. The van der Waals surface area contributed by atoms with Gasteiger partial charge in [-0.3, -0.25) is 9.00 Å². The number of benzene rings is 1. The van der Waals surface area contributed by atoms with Gasteiger partial charge in [-0.1, -0.05) is 15.9 Å². The summed E-state index contributed by atoms with van der Waals surface area (Å²) in [6.07, 6.45) is 3.45. The van der Waals surface area contributed by atoms with Crippen molar-refractivity contribution in [1.82, 2.24) is 4.90 Å². The lowest BCUT2D eigenvalue weighted by Crippen LogP contribution is -2.27. The molecular weight excluding hydrogens is 326 g/mol. The summed E-state index contributed by atoms with van der Waals surface area (Å²) in [5.74, 6) is 0.770. The lowest BCUT2D eigenvalue weighted by atomic mass is 10.3. The third-order valence-electron chi connectivity index (χ3n) is 3.26. The van der Waals surface area contributed by atoms with Crippen molar-refractivity contribution >= 4 is 32.6 Å². The predicted octanol–water partition coefficient (Wildman–Crippen LogP) is 2.96. The molecule has 1 unspecified atom stereocenters. The number of halogens is 1. The van der Waals surface area contributed by atoms with Crippen LogP contribution in [0.25, 0.3) is 0 Å². The molecule has 0 aromatic heterocycles. The van der Waals surface area contributed by atoms with Gasteiger partial charge in [0.15, 0.2) is 0 Å². The van der Waals surface area contributed by atoms with Gasteiger partial charge in [-0.25, -0.2) is 0 Å². The van der Waals surface area contributed by atoms with Crippen molar-refractivity contribution in [3.63, 3.8) is 0 Å². The fraction of sp³-hybridized carbons (Fsp3) is 0.500. The molecule has 1 fully saturated rings. The Bertz CT molecular complexity index is 455. The molecule has 1 amide bonds. The normalized spacial score (nSPS) is 16.6. The first-order valence-corrected chi connectivity index (χ1v) is 8.70. The Morgan fingerprint density at radius 1 is 1.21 bits per heavy atom. The fourth-order valence-corrected chi connectivity index (χ4v) is 3.53. The van der Waals surface area contributed by atoms with E-state index in [0.29, 0.717) is 18.6 Å². The van der Waals surface area contributed by atoms with Gasteiger partial charge < -0.3 is 4.90 Å². The predicted molar refractivity (Wildman–Crippen MR) is 80.5 cm³/mol. The zero-order valence-electron chi connectivity index (χ0n) is 10.8. The summed E-state index contributed by atoms with van der Waals surface area (Å²) >= 11 is 3.35. The summed E-state index contributed by atoms with van der Waals surface area (Å²) in [5.41, 5.74) is 0. The molecule has 1 heterocycles. The van der Waals surface area contributed by atoms with Crippen LogP contribution in [-0.4, -0.2) is 33.9 Å². The van der Waals surface area contributed by atoms with E-state index in [1.807, 2.05) is 29.2 Å². The summed E-state index contributed by atoms with van der Waals surface area (Å²) < 4.78 is 13.0. The van der Waals surface area contributed by atoms with E-state index >= 15 is 0 Å².